The summed E-state index contributed by atoms with van der Waals surface area (Å²) >= 11 is 0. The van der Waals surface area contributed by atoms with Gasteiger partial charge in [0.2, 0.25) is 5.91 Å². The van der Waals surface area contributed by atoms with Crippen molar-refractivity contribution >= 4 is 19.7 Å². The van der Waals surface area contributed by atoms with Crippen molar-refractivity contribution in [2.45, 2.75) is 232 Å². The van der Waals surface area contributed by atoms with Crippen molar-refractivity contribution in [3.05, 3.63) is 72.9 Å². The highest BCUT2D eigenvalue weighted by Crippen LogP contribution is 2.43. The van der Waals surface area contributed by atoms with Crippen LogP contribution in [-0.4, -0.2) is 74.3 Å². The number of allylic oxidation sites excluding steroid dienone is 11. The highest BCUT2D eigenvalue weighted by Gasteiger charge is 2.30. The number of ether oxygens (including phenoxy) is 1. The van der Waals surface area contributed by atoms with Crippen molar-refractivity contribution in [3.63, 3.8) is 0 Å². The first-order valence-electron chi connectivity index (χ1n) is 26.8. The quantitative estimate of drug-likeness (QED) is 0.0205. The average Bonchev–Trinajstić information content (AvgIpc) is 3.27. The van der Waals surface area contributed by atoms with E-state index in [9.17, 15) is 19.0 Å². The molecule has 3 atom stereocenters. The van der Waals surface area contributed by atoms with Gasteiger partial charge in [-0.2, -0.15) is 0 Å². The number of nitrogens with one attached hydrogen (secondary N) is 1. The number of phosphoric acid groups is 1. The van der Waals surface area contributed by atoms with Gasteiger partial charge < -0.3 is 19.4 Å². The number of nitrogens with zero attached hydrogens (tertiary/aromatic N) is 1. The van der Waals surface area contributed by atoms with Gasteiger partial charge in [-0.15, -0.1) is 0 Å². The summed E-state index contributed by atoms with van der Waals surface area (Å²) in [5.74, 6) is -0.587. The molecule has 10 heteroatoms. The third kappa shape index (κ3) is 46.6. The second-order valence-corrected chi connectivity index (χ2v) is 20.5. The summed E-state index contributed by atoms with van der Waals surface area (Å²) in [6, 6.07) is -0.874. The van der Waals surface area contributed by atoms with Gasteiger partial charge >= 0.3 is 13.8 Å². The van der Waals surface area contributed by atoms with Crippen LogP contribution in [0.1, 0.15) is 220 Å². The van der Waals surface area contributed by atoms with Crippen LogP contribution in [0.25, 0.3) is 0 Å². The van der Waals surface area contributed by atoms with Gasteiger partial charge in [-0.05, 0) is 89.5 Å². The molecule has 0 aliphatic heterocycles. The zero-order valence-corrected chi connectivity index (χ0v) is 44.3. The molecule has 0 rings (SSSR count). The highest BCUT2D eigenvalue weighted by molar-refractivity contribution is 7.47. The molecule has 0 spiro atoms. The Morgan fingerprint density at radius 2 is 0.955 bits per heavy atom. The van der Waals surface area contributed by atoms with Crippen LogP contribution < -0.4 is 5.32 Å². The van der Waals surface area contributed by atoms with Crippen LogP contribution >= 0.6 is 7.82 Å². The van der Waals surface area contributed by atoms with Gasteiger partial charge in [-0.1, -0.05) is 190 Å². The fourth-order valence-electron chi connectivity index (χ4n) is 7.15. The molecule has 0 aromatic heterocycles. The van der Waals surface area contributed by atoms with Gasteiger partial charge in [0.25, 0.3) is 0 Å². The second-order valence-electron chi connectivity index (χ2n) is 19.0. The van der Waals surface area contributed by atoms with Crippen LogP contribution in [0.5, 0.6) is 0 Å². The molecule has 0 saturated heterocycles. The topological polar surface area (TPSA) is 111 Å². The number of hydrogen-bond acceptors (Lipinski definition) is 6. The standard InChI is InChI=1S/C56H101N2O7P/c1-7-10-13-16-19-22-25-27-28-29-30-31-34-37-40-43-46-49-56(60)65-54(47-44-41-38-35-33-26-23-20-17-14-11-8-2)53(52-64-66(61,62)63-51-50-58(4,5)6)57-55(59)48-45-42-39-36-32-24-21-18-15-12-9-3/h18-19,21-22,27-28,30-31,37,40,44,47,53-54H,7-17,20,23-26,29,32-36,38-39,41-43,45-46,48-52H2,1-6H3,(H-,57,59,61,62)/p+1/b21-18-,22-19-,28-27-,31-30-,40-37-,47-44-. The number of likely N-dealkylation sites (N-methyl/N-ethyl adjacent to an activating group) is 1. The Hall–Kier alpha value is -2.55. The summed E-state index contributed by atoms with van der Waals surface area (Å²) in [5.41, 5.74) is 0. The van der Waals surface area contributed by atoms with E-state index in [1.807, 2.05) is 33.3 Å². The Bertz CT molecular complexity index is 1370. The van der Waals surface area contributed by atoms with Gasteiger partial charge in [-0.25, -0.2) is 4.57 Å². The van der Waals surface area contributed by atoms with Crippen molar-refractivity contribution in [2.24, 2.45) is 0 Å². The number of amides is 1. The number of rotatable bonds is 47. The Morgan fingerprint density at radius 1 is 0.530 bits per heavy atom. The molecule has 0 aromatic rings. The summed E-state index contributed by atoms with van der Waals surface area (Å²) < 4.78 is 30.4. The van der Waals surface area contributed by atoms with Crippen molar-refractivity contribution in [2.75, 3.05) is 40.9 Å². The summed E-state index contributed by atoms with van der Waals surface area (Å²) in [5, 5.41) is 3.01. The van der Waals surface area contributed by atoms with E-state index in [4.69, 9.17) is 13.8 Å². The third-order valence-electron chi connectivity index (χ3n) is 11.4. The molecule has 0 aliphatic carbocycles. The maximum absolute atomic E-state index is 13.4. The van der Waals surface area contributed by atoms with Crippen molar-refractivity contribution in [1.82, 2.24) is 5.32 Å². The zero-order chi connectivity index (χ0) is 48.7. The molecule has 0 saturated carbocycles. The van der Waals surface area contributed by atoms with Crippen LogP contribution in [0.2, 0.25) is 0 Å². The van der Waals surface area contributed by atoms with Crippen LogP contribution in [0.15, 0.2) is 72.9 Å². The number of carbonyl (C=O) groups excluding carboxylic acids is 2. The number of carbonyl (C=O) groups is 2. The molecule has 3 unspecified atom stereocenters. The van der Waals surface area contributed by atoms with Crippen LogP contribution in [0.4, 0.5) is 0 Å². The molecule has 1 amide bonds. The number of quaternary nitrogens is 1. The fraction of sp³-hybridized carbons (Fsp3) is 0.750. The molecule has 382 valence electrons. The largest absolute Gasteiger partial charge is 0.472 e. The smallest absolute Gasteiger partial charge is 0.456 e. The molecule has 0 heterocycles. The Labute approximate surface area is 406 Å². The molecule has 0 radical (unpaired) electrons. The zero-order valence-electron chi connectivity index (χ0n) is 43.4. The van der Waals surface area contributed by atoms with E-state index in [0.717, 1.165) is 89.9 Å². The molecule has 2 N–H and O–H groups in total. The summed E-state index contributed by atoms with van der Waals surface area (Å²) in [6.07, 6.45) is 57.6. The fourth-order valence-corrected chi connectivity index (χ4v) is 7.88. The summed E-state index contributed by atoms with van der Waals surface area (Å²) in [7, 11) is 1.45. The minimum atomic E-state index is -4.45. The second kappa shape index (κ2) is 46.2. The Kier molecular flexibility index (Phi) is 44.4. The lowest BCUT2D eigenvalue weighted by Crippen LogP contribution is -2.47. The monoisotopic (exact) mass is 946 g/mol. The van der Waals surface area contributed by atoms with Crippen LogP contribution in [0, 0.1) is 0 Å². The van der Waals surface area contributed by atoms with E-state index in [-0.39, 0.29) is 31.5 Å². The SMILES string of the molecule is CCCC/C=C\CCCCCCCC(=O)NC(COP(=O)(O)OCC[N+](C)(C)C)C(/C=C\CCCCCCCCCCCC)OC(=O)CCC/C=C\C/C=C\C/C=C\C/C=C\CCCCC. The maximum Gasteiger partial charge on any atom is 0.472 e. The maximum atomic E-state index is 13.4. The normalized spacial score (nSPS) is 14.5. The molecule has 9 nitrogen and oxygen atoms in total. The third-order valence-corrected chi connectivity index (χ3v) is 12.4. The predicted octanol–water partition coefficient (Wildman–Crippen LogP) is 15.7. The van der Waals surface area contributed by atoms with Crippen molar-refractivity contribution in [3.8, 4) is 0 Å². The molecule has 0 bridgehead atoms. The first-order valence-corrected chi connectivity index (χ1v) is 28.3. The molecule has 0 aromatic carbocycles. The van der Waals surface area contributed by atoms with E-state index in [2.05, 4.69) is 86.8 Å². The number of hydrogen-bond donors (Lipinski definition) is 2. The highest BCUT2D eigenvalue weighted by atomic mass is 31.2. The number of esters is 1. The van der Waals surface area contributed by atoms with E-state index in [1.165, 1.54) is 89.9 Å². The summed E-state index contributed by atoms with van der Waals surface area (Å²) in [6.45, 7) is 6.88. The van der Waals surface area contributed by atoms with Gasteiger partial charge in [0.1, 0.15) is 19.3 Å². The van der Waals surface area contributed by atoms with Crippen molar-refractivity contribution < 1.29 is 37.3 Å². The first kappa shape index (κ1) is 63.5. The van der Waals surface area contributed by atoms with E-state index < -0.39 is 20.0 Å². The van der Waals surface area contributed by atoms with E-state index >= 15 is 0 Å². The molecular formula is C56H102N2O7P+. The predicted molar refractivity (Wildman–Crippen MR) is 281 cm³/mol. The Balaban J connectivity index is 5.51. The van der Waals surface area contributed by atoms with Crippen molar-refractivity contribution in [1.29, 1.82) is 0 Å². The molecule has 0 aliphatic rings. The molecule has 66 heavy (non-hydrogen) atoms. The summed E-state index contributed by atoms with van der Waals surface area (Å²) in [4.78, 5) is 37.4. The van der Waals surface area contributed by atoms with E-state index in [0.29, 0.717) is 23.9 Å². The lowest BCUT2D eigenvalue weighted by atomic mass is 10.0. The molecular weight excluding hydrogens is 844 g/mol. The number of phosphoric ester groups is 1. The van der Waals surface area contributed by atoms with Gasteiger partial charge in [0.15, 0.2) is 0 Å². The first-order chi connectivity index (χ1) is 31.9. The lowest BCUT2D eigenvalue weighted by molar-refractivity contribution is -0.870. The number of unbranched alkanes of at least 4 members (excludes halogenated alkanes) is 21. The van der Waals surface area contributed by atoms with Gasteiger partial charge in [0, 0.05) is 12.8 Å². The molecule has 0 fully saturated rings. The van der Waals surface area contributed by atoms with Gasteiger partial charge in [-0.3, -0.25) is 18.6 Å². The van der Waals surface area contributed by atoms with Gasteiger partial charge in [0.05, 0.1) is 33.8 Å². The minimum Gasteiger partial charge on any atom is -0.456 e. The van der Waals surface area contributed by atoms with Crippen LogP contribution in [0.3, 0.4) is 0 Å². The van der Waals surface area contributed by atoms with E-state index in [1.54, 1.807) is 0 Å². The van der Waals surface area contributed by atoms with Crippen LogP contribution in [-0.2, 0) is 27.9 Å². The average molecular weight is 946 g/mol. The minimum absolute atomic E-state index is 0.0278. The Morgan fingerprint density at radius 3 is 1.50 bits per heavy atom. The lowest BCUT2D eigenvalue weighted by Gasteiger charge is -2.27.